The molecule has 0 saturated heterocycles. The lowest BCUT2D eigenvalue weighted by Crippen LogP contribution is -2.22. The zero-order valence-electron chi connectivity index (χ0n) is 9.16. The second-order valence-electron chi connectivity index (χ2n) is 4.10. The highest BCUT2D eigenvalue weighted by molar-refractivity contribution is 4.71. The van der Waals surface area contributed by atoms with Gasteiger partial charge in [0.2, 0.25) is 0 Å². The van der Waals surface area contributed by atoms with Gasteiger partial charge < -0.3 is 10.2 Å². The third-order valence-corrected chi connectivity index (χ3v) is 2.95. The molecule has 0 amide bonds. The molecular weight excluding hydrogens is 164 g/mol. The monoisotopic (exact) mass is 188 g/mol. The standard InChI is InChI=1S/C11H24O2/c1-4-10(5-7-12)11(6-8-13)9(2)3/h9-13H,4-8H2,1-3H3. The van der Waals surface area contributed by atoms with E-state index in [1.807, 2.05) is 0 Å². The number of rotatable bonds is 7. The van der Waals surface area contributed by atoms with Crippen LogP contribution in [-0.4, -0.2) is 23.4 Å². The fraction of sp³-hybridized carbons (Fsp3) is 1.00. The van der Waals surface area contributed by atoms with Crippen LogP contribution < -0.4 is 0 Å². The second kappa shape index (κ2) is 7.34. The van der Waals surface area contributed by atoms with Crippen LogP contribution in [0.4, 0.5) is 0 Å². The van der Waals surface area contributed by atoms with E-state index in [0.29, 0.717) is 17.8 Å². The van der Waals surface area contributed by atoms with Gasteiger partial charge in [-0.05, 0) is 30.6 Å². The lowest BCUT2D eigenvalue weighted by Gasteiger charge is -2.28. The predicted molar refractivity (Wildman–Crippen MR) is 55.5 cm³/mol. The first-order valence-corrected chi connectivity index (χ1v) is 5.39. The molecule has 2 heteroatoms. The Morgan fingerprint density at radius 2 is 1.54 bits per heavy atom. The van der Waals surface area contributed by atoms with Crippen LogP contribution in [-0.2, 0) is 0 Å². The smallest absolute Gasteiger partial charge is 0.0433 e. The van der Waals surface area contributed by atoms with Gasteiger partial charge in [0.1, 0.15) is 0 Å². The van der Waals surface area contributed by atoms with Gasteiger partial charge >= 0.3 is 0 Å². The Hall–Kier alpha value is -0.0800. The van der Waals surface area contributed by atoms with Gasteiger partial charge in [0.05, 0.1) is 0 Å². The summed E-state index contributed by atoms with van der Waals surface area (Å²) in [4.78, 5) is 0. The quantitative estimate of drug-likeness (QED) is 0.642. The van der Waals surface area contributed by atoms with Crippen molar-refractivity contribution in [3.05, 3.63) is 0 Å². The van der Waals surface area contributed by atoms with Crippen molar-refractivity contribution in [3.8, 4) is 0 Å². The van der Waals surface area contributed by atoms with Crippen molar-refractivity contribution >= 4 is 0 Å². The van der Waals surface area contributed by atoms with Crippen molar-refractivity contribution in [2.45, 2.75) is 40.0 Å². The van der Waals surface area contributed by atoms with Crippen molar-refractivity contribution < 1.29 is 10.2 Å². The molecule has 2 atom stereocenters. The van der Waals surface area contributed by atoms with Crippen molar-refractivity contribution in [1.82, 2.24) is 0 Å². The molecule has 80 valence electrons. The molecule has 0 aliphatic rings. The van der Waals surface area contributed by atoms with E-state index in [-0.39, 0.29) is 13.2 Å². The maximum Gasteiger partial charge on any atom is 0.0433 e. The van der Waals surface area contributed by atoms with Crippen LogP contribution in [0.25, 0.3) is 0 Å². The van der Waals surface area contributed by atoms with Crippen LogP contribution in [0.3, 0.4) is 0 Å². The van der Waals surface area contributed by atoms with Crippen molar-refractivity contribution in [1.29, 1.82) is 0 Å². The zero-order valence-corrected chi connectivity index (χ0v) is 9.16. The van der Waals surface area contributed by atoms with Gasteiger partial charge in [-0.3, -0.25) is 0 Å². The average Bonchev–Trinajstić information content (AvgIpc) is 2.10. The molecule has 0 aromatic carbocycles. The van der Waals surface area contributed by atoms with Crippen LogP contribution in [0.2, 0.25) is 0 Å². The van der Waals surface area contributed by atoms with Gasteiger partial charge in [-0.1, -0.05) is 27.2 Å². The SMILES string of the molecule is CCC(CCO)C(CCO)C(C)C. The normalized spacial score (nSPS) is 16.2. The highest BCUT2D eigenvalue weighted by Gasteiger charge is 2.21. The van der Waals surface area contributed by atoms with E-state index < -0.39 is 0 Å². The summed E-state index contributed by atoms with van der Waals surface area (Å²) >= 11 is 0. The lowest BCUT2D eigenvalue weighted by atomic mass is 9.78. The van der Waals surface area contributed by atoms with E-state index in [0.717, 1.165) is 19.3 Å². The first-order chi connectivity index (χ1) is 6.17. The molecule has 0 heterocycles. The van der Waals surface area contributed by atoms with E-state index in [9.17, 15) is 0 Å². The molecule has 0 aliphatic heterocycles. The molecule has 0 fully saturated rings. The highest BCUT2D eigenvalue weighted by atomic mass is 16.3. The fourth-order valence-corrected chi connectivity index (χ4v) is 2.15. The summed E-state index contributed by atoms with van der Waals surface area (Å²) in [5.74, 6) is 1.72. The Kier molecular flexibility index (Phi) is 7.29. The van der Waals surface area contributed by atoms with Gasteiger partial charge in [-0.15, -0.1) is 0 Å². The molecule has 0 aliphatic carbocycles. The number of hydrogen-bond donors (Lipinski definition) is 2. The van der Waals surface area contributed by atoms with Crippen molar-refractivity contribution in [2.24, 2.45) is 17.8 Å². The molecule has 13 heavy (non-hydrogen) atoms. The first-order valence-electron chi connectivity index (χ1n) is 5.39. The van der Waals surface area contributed by atoms with E-state index in [1.165, 1.54) is 0 Å². The Morgan fingerprint density at radius 3 is 1.85 bits per heavy atom. The Labute approximate surface area is 82.0 Å². The van der Waals surface area contributed by atoms with E-state index in [4.69, 9.17) is 10.2 Å². The van der Waals surface area contributed by atoms with E-state index in [1.54, 1.807) is 0 Å². The summed E-state index contributed by atoms with van der Waals surface area (Å²) in [5.41, 5.74) is 0. The minimum Gasteiger partial charge on any atom is -0.396 e. The third kappa shape index (κ3) is 4.63. The number of aliphatic hydroxyl groups excluding tert-OH is 2. The van der Waals surface area contributed by atoms with Crippen molar-refractivity contribution in [2.75, 3.05) is 13.2 Å². The van der Waals surface area contributed by atoms with Gasteiger partial charge in [0, 0.05) is 13.2 Å². The molecule has 2 N–H and O–H groups in total. The molecule has 0 bridgehead atoms. The van der Waals surface area contributed by atoms with Gasteiger partial charge in [-0.2, -0.15) is 0 Å². The summed E-state index contributed by atoms with van der Waals surface area (Å²) in [6.07, 6.45) is 2.85. The van der Waals surface area contributed by atoms with Crippen LogP contribution in [0.1, 0.15) is 40.0 Å². The summed E-state index contributed by atoms with van der Waals surface area (Å²) in [6, 6.07) is 0. The van der Waals surface area contributed by atoms with Gasteiger partial charge in [-0.25, -0.2) is 0 Å². The minimum absolute atomic E-state index is 0.269. The maximum absolute atomic E-state index is 8.94. The Morgan fingerprint density at radius 1 is 1.00 bits per heavy atom. The molecule has 0 aromatic heterocycles. The summed E-state index contributed by atoms with van der Waals surface area (Å²) < 4.78 is 0. The summed E-state index contributed by atoms with van der Waals surface area (Å²) in [6.45, 7) is 7.09. The maximum atomic E-state index is 8.94. The molecule has 2 nitrogen and oxygen atoms in total. The topological polar surface area (TPSA) is 40.5 Å². The van der Waals surface area contributed by atoms with Crippen LogP contribution in [0, 0.1) is 17.8 Å². The third-order valence-electron chi connectivity index (χ3n) is 2.95. The number of aliphatic hydroxyl groups is 2. The van der Waals surface area contributed by atoms with Crippen LogP contribution in [0.5, 0.6) is 0 Å². The first kappa shape index (κ1) is 12.9. The molecule has 2 unspecified atom stereocenters. The lowest BCUT2D eigenvalue weighted by molar-refractivity contribution is 0.146. The summed E-state index contributed by atoms with van der Waals surface area (Å²) in [5, 5.41) is 17.8. The molecule has 0 aromatic rings. The molecule has 0 saturated carbocycles. The van der Waals surface area contributed by atoms with Crippen LogP contribution >= 0.6 is 0 Å². The van der Waals surface area contributed by atoms with Gasteiger partial charge in [0.25, 0.3) is 0 Å². The van der Waals surface area contributed by atoms with Crippen LogP contribution in [0.15, 0.2) is 0 Å². The molecule has 0 spiro atoms. The van der Waals surface area contributed by atoms with E-state index >= 15 is 0 Å². The molecular formula is C11H24O2. The largest absolute Gasteiger partial charge is 0.396 e. The number of hydrogen-bond acceptors (Lipinski definition) is 2. The zero-order chi connectivity index (χ0) is 10.3. The highest BCUT2D eigenvalue weighted by Crippen LogP contribution is 2.29. The van der Waals surface area contributed by atoms with Gasteiger partial charge in [0.15, 0.2) is 0 Å². The molecule has 0 rings (SSSR count). The predicted octanol–water partition coefficient (Wildman–Crippen LogP) is 2.05. The average molecular weight is 188 g/mol. The Balaban J connectivity index is 4.11. The van der Waals surface area contributed by atoms with Crippen molar-refractivity contribution in [3.63, 3.8) is 0 Å². The molecule has 0 radical (unpaired) electrons. The van der Waals surface area contributed by atoms with E-state index in [2.05, 4.69) is 20.8 Å². The second-order valence-corrected chi connectivity index (χ2v) is 4.10. The Bertz CT molecular complexity index is 113. The summed E-state index contributed by atoms with van der Waals surface area (Å²) in [7, 11) is 0. The fourth-order valence-electron chi connectivity index (χ4n) is 2.15. The minimum atomic E-state index is 0.269.